The Balaban J connectivity index is 2.84. The van der Waals surface area contributed by atoms with Crippen molar-refractivity contribution < 1.29 is 9.53 Å². The van der Waals surface area contributed by atoms with Gasteiger partial charge in [-0.15, -0.1) is 0 Å². The fourth-order valence-electron chi connectivity index (χ4n) is 0.646. The average Bonchev–Trinajstić information content (AvgIpc) is 2.07. The smallest absolute Gasteiger partial charge is 0.418 e. The van der Waals surface area contributed by atoms with Crippen LogP contribution in [0.15, 0.2) is 24.3 Å². The van der Waals surface area contributed by atoms with Crippen molar-refractivity contribution in [3.63, 3.8) is 0 Å². The number of hydrogen-bond acceptors (Lipinski definition) is 3. The topological polar surface area (TPSA) is 50.1 Å². The Hall–Kier alpha value is -1.82. The highest BCUT2D eigenvalue weighted by Gasteiger charge is 1.92. The van der Waals surface area contributed by atoms with Crippen LogP contribution in [0.25, 0.3) is 0 Å². The second-order valence-electron chi connectivity index (χ2n) is 1.82. The van der Waals surface area contributed by atoms with Crippen LogP contribution in [0.5, 0.6) is 5.75 Å². The van der Waals surface area contributed by atoms with Crippen molar-refractivity contribution in [1.29, 1.82) is 5.26 Å². The third-order valence-electron chi connectivity index (χ3n) is 1.14. The number of carbonyl (C=O) groups excluding carboxylic acids is 1. The normalized spacial score (nSPS) is 8.27. The Morgan fingerprint density at radius 3 is 2.36 bits per heavy atom. The number of ether oxygens (including phenoxy) is 1. The molecule has 3 nitrogen and oxygen atoms in total. The molecule has 3 heteroatoms. The summed E-state index contributed by atoms with van der Waals surface area (Å²) < 4.78 is 4.39. The summed E-state index contributed by atoms with van der Waals surface area (Å²) >= 11 is 0. The zero-order valence-electron chi connectivity index (χ0n) is 5.57. The molecule has 0 saturated heterocycles. The number of hydrogen-bond donors (Lipinski definition) is 0. The second kappa shape index (κ2) is 3.37. The molecule has 0 atom stereocenters. The zero-order chi connectivity index (χ0) is 8.10. The average molecular weight is 146 g/mol. The van der Waals surface area contributed by atoms with E-state index in [1.807, 2.05) is 6.07 Å². The Labute approximate surface area is 63.8 Å². The number of benzene rings is 1. The quantitative estimate of drug-likeness (QED) is 0.625. The molecule has 0 N–H and O–H groups in total. The molecule has 0 aromatic heterocycles. The lowest BCUT2D eigenvalue weighted by atomic mass is 10.2. The van der Waals surface area contributed by atoms with Crippen LogP contribution in [-0.2, 0) is 4.79 Å². The molecule has 1 aromatic rings. The Bertz CT molecular complexity index is 284. The van der Waals surface area contributed by atoms with Crippen LogP contribution in [0.2, 0.25) is 0 Å². The standard InChI is InChI=1S/C8H4NO2/c9-5-7-1-3-8(4-2-7)11-6-10/h1-4H. The van der Waals surface area contributed by atoms with E-state index in [1.54, 1.807) is 12.1 Å². The molecular weight excluding hydrogens is 142 g/mol. The van der Waals surface area contributed by atoms with Gasteiger partial charge in [-0.3, -0.25) is 0 Å². The van der Waals surface area contributed by atoms with Crippen molar-refractivity contribution in [1.82, 2.24) is 0 Å². The van der Waals surface area contributed by atoms with Crippen molar-refractivity contribution in [2.45, 2.75) is 0 Å². The number of nitrogens with zero attached hydrogens (tertiary/aromatic N) is 1. The van der Waals surface area contributed by atoms with Gasteiger partial charge in [-0.05, 0) is 24.3 Å². The largest absolute Gasteiger partial charge is 0.423 e. The molecule has 0 bridgehead atoms. The van der Waals surface area contributed by atoms with Gasteiger partial charge in [0.15, 0.2) is 0 Å². The molecule has 1 radical (unpaired) electrons. The van der Waals surface area contributed by atoms with Gasteiger partial charge in [-0.1, -0.05) is 0 Å². The van der Waals surface area contributed by atoms with E-state index in [1.165, 1.54) is 18.6 Å². The van der Waals surface area contributed by atoms with Gasteiger partial charge in [0.05, 0.1) is 11.6 Å². The monoisotopic (exact) mass is 146 g/mol. The highest BCUT2D eigenvalue weighted by Crippen LogP contribution is 2.09. The molecule has 1 aromatic carbocycles. The molecule has 0 saturated carbocycles. The second-order valence-corrected chi connectivity index (χ2v) is 1.82. The van der Waals surface area contributed by atoms with Gasteiger partial charge in [-0.25, -0.2) is 4.79 Å². The summed E-state index contributed by atoms with van der Waals surface area (Å²) in [6, 6.07) is 8.13. The van der Waals surface area contributed by atoms with Crippen LogP contribution >= 0.6 is 0 Å². The van der Waals surface area contributed by atoms with Crippen LogP contribution in [0.1, 0.15) is 5.56 Å². The van der Waals surface area contributed by atoms with E-state index in [-0.39, 0.29) is 0 Å². The zero-order valence-corrected chi connectivity index (χ0v) is 5.57. The summed E-state index contributed by atoms with van der Waals surface area (Å²) in [5.74, 6) is 0.388. The van der Waals surface area contributed by atoms with Crippen LogP contribution in [-0.4, -0.2) is 6.47 Å². The van der Waals surface area contributed by atoms with Gasteiger partial charge < -0.3 is 4.74 Å². The van der Waals surface area contributed by atoms with Gasteiger partial charge in [0.25, 0.3) is 0 Å². The molecule has 11 heavy (non-hydrogen) atoms. The van der Waals surface area contributed by atoms with Gasteiger partial charge in [0.2, 0.25) is 0 Å². The van der Waals surface area contributed by atoms with Gasteiger partial charge >= 0.3 is 6.47 Å². The van der Waals surface area contributed by atoms with Crippen LogP contribution in [0.4, 0.5) is 0 Å². The molecule has 0 fully saturated rings. The first-order chi connectivity index (χ1) is 5.36. The predicted molar refractivity (Wildman–Crippen MR) is 37.5 cm³/mol. The lowest BCUT2D eigenvalue weighted by Gasteiger charge is -1.93. The van der Waals surface area contributed by atoms with Crippen molar-refractivity contribution in [3.05, 3.63) is 29.8 Å². The minimum Gasteiger partial charge on any atom is -0.418 e. The summed E-state index contributed by atoms with van der Waals surface area (Å²) in [7, 11) is 0. The lowest BCUT2D eigenvalue weighted by molar-refractivity contribution is 0.442. The molecule has 0 aliphatic carbocycles. The molecule has 0 spiro atoms. The molecule has 0 aliphatic heterocycles. The van der Waals surface area contributed by atoms with Crippen LogP contribution in [0, 0.1) is 11.3 Å². The van der Waals surface area contributed by atoms with E-state index < -0.39 is 0 Å². The molecule has 0 amide bonds. The first-order valence-electron chi connectivity index (χ1n) is 2.91. The third-order valence-corrected chi connectivity index (χ3v) is 1.14. The summed E-state index contributed by atoms with van der Waals surface area (Å²) in [6.07, 6.45) is 0. The maximum Gasteiger partial charge on any atom is 0.423 e. The molecular formula is C8H4NO2. The highest BCUT2D eigenvalue weighted by molar-refractivity contribution is 5.46. The van der Waals surface area contributed by atoms with E-state index in [4.69, 9.17) is 5.26 Å². The molecule has 1 rings (SSSR count). The predicted octanol–water partition coefficient (Wildman–Crippen LogP) is 1.00. The van der Waals surface area contributed by atoms with E-state index in [9.17, 15) is 4.79 Å². The van der Waals surface area contributed by atoms with E-state index in [0.717, 1.165) is 0 Å². The van der Waals surface area contributed by atoms with E-state index in [2.05, 4.69) is 4.74 Å². The molecule has 0 aliphatic rings. The fourth-order valence-corrected chi connectivity index (χ4v) is 0.646. The van der Waals surface area contributed by atoms with Gasteiger partial charge in [-0.2, -0.15) is 5.26 Å². The molecule has 0 unspecified atom stereocenters. The summed E-state index contributed by atoms with van der Waals surface area (Å²) in [6.45, 7) is 1.29. The van der Waals surface area contributed by atoms with Crippen molar-refractivity contribution in [2.75, 3.05) is 0 Å². The lowest BCUT2D eigenvalue weighted by Crippen LogP contribution is -1.87. The van der Waals surface area contributed by atoms with E-state index in [0.29, 0.717) is 11.3 Å². The number of rotatable bonds is 2. The maximum absolute atomic E-state index is 9.72. The SMILES string of the molecule is N#Cc1ccc(O[C]=O)cc1. The summed E-state index contributed by atoms with van der Waals surface area (Å²) in [4.78, 5) is 9.72. The van der Waals surface area contributed by atoms with Crippen molar-refractivity contribution in [3.8, 4) is 11.8 Å². The Morgan fingerprint density at radius 2 is 1.91 bits per heavy atom. The van der Waals surface area contributed by atoms with Crippen molar-refractivity contribution >= 4 is 6.47 Å². The minimum atomic E-state index is 0.388. The first kappa shape index (κ1) is 7.29. The maximum atomic E-state index is 9.72. The molecule has 0 heterocycles. The molecule has 53 valence electrons. The Morgan fingerprint density at radius 1 is 1.27 bits per heavy atom. The summed E-state index contributed by atoms with van der Waals surface area (Å²) in [5.41, 5.74) is 0.531. The van der Waals surface area contributed by atoms with Crippen LogP contribution in [0.3, 0.4) is 0 Å². The van der Waals surface area contributed by atoms with Crippen molar-refractivity contribution in [2.24, 2.45) is 0 Å². The van der Waals surface area contributed by atoms with Crippen LogP contribution < -0.4 is 4.74 Å². The van der Waals surface area contributed by atoms with Gasteiger partial charge in [0.1, 0.15) is 5.75 Å². The fraction of sp³-hybridized carbons (Fsp3) is 0. The third kappa shape index (κ3) is 1.80. The Kier molecular flexibility index (Phi) is 2.24. The minimum absolute atomic E-state index is 0.388. The van der Waals surface area contributed by atoms with Gasteiger partial charge in [0, 0.05) is 0 Å². The van der Waals surface area contributed by atoms with E-state index >= 15 is 0 Å². The summed E-state index contributed by atoms with van der Waals surface area (Å²) in [5, 5.41) is 8.39. The first-order valence-corrected chi connectivity index (χ1v) is 2.91. The number of nitriles is 1. The highest BCUT2D eigenvalue weighted by atomic mass is 16.5.